The van der Waals surface area contributed by atoms with Crippen molar-refractivity contribution < 1.29 is 18.0 Å². The topological polar surface area (TPSA) is 86.8 Å². The molecule has 0 aromatic heterocycles. The highest BCUT2D eigenvalue weighted by atomic mass is 79.9. The Kier molecular flexibility index (Phi) is 7.74. The third-order valence-corrected chi connectivity index (χ3v) is 8.06. The number of halogens is 1. The molecule has 0 bridgehead atoms. The molecule has 1 aliphatic heterocycles. The van der Waals surface area contributed by atoms with Gasteiger partial charge in [0.05, 0.1) is 4.90 Å². The lowest BCUT2D eigenvalue weighted by Gasteiger charge is -2.39. The second kappa shape index (κ2) is 10.1. The smallest absolute Gasteiger partial charge is 0.243 e. The fraction of sp³-hybridized carbons (Fsp3) is 0.391. The van der Waals surface area contributed by atoms with Crippen molar-refractivity contribution >= 4 is 37.8 Å². The summed E-state index contributed by atoms with van der Waals surface area (Å²) in [6.07, 6.45) is 0. The molecule has 2 amide bonds. The standard InChI is InChI=1S/C23H28BrN3O4S/c1-16(2)19-6-4-18(5-7-19)14-25-23(29)22-15-26(17(3)28)12-13-27(22)32(30,31)21-10-8-20(24)9-11-21/h4-11,16,22H,12-15H2,1-3H3,(H,25,29)/t22-/m1/s1. The van der Waals surface area contributed by atoms with Crippen molar-refractivity contribution in [2.24, 2.45) is 0 Å². The third kappa shape index (κ3) is 5.57. The van der Waals surface area contributed by atoms with E-state index in [2.05, 4.69) is 35.1 Å². The fourth-order valence-electron chi connectivity index (χ4n) is 3.62. The lowest BCUT2D eigenvalue weighted by Crippen LogP contribution is -2.61. The number of nitrogens with zero attached hydrogens (tertiary/aromatic N) is 2. The maximum Gasteiger partial charge on any atom is 0.243 e. The molecule has 32 heavy (non-hydrogen) atoms. The van der Waals surface area contributed by atoms with Gasteiger partial charge in [0.2, 0.25) is 21.8 Å². The third-order valence-electron chi connectivity index (χ3n) is 5.61. The van der Waals surface area contributed by atoms with Crippen LogP contribution in [0, 0.1) is 0 Å². The van der Waals surface area contributed by atoms with Crippen LogP contribution < -0.4 is 5.32 Å². The van der Waals surface area contributed by atoms with E-state index in [9.17, 15) is 18.0 Å². The Morgan fingerprint density at radius 3 is 2.25 bits per heavy atom. The van der Waals surface area contributed by atoms with Gasteiger partial charge >= 0.3 is 0 Å². The summed E-state index contributed by atoms with van der Waals surface area (Å²) in [5.74, 6) is -0.201. The lowest BCUT2D eigenvalue weighted by molar-refractivity contribution is -0.134. The predicted octanol–water partition coefficient (Wildman–Crippen LogP) is 3.11. The number of amides is 2. The molecule has 1 atom stereocenters. The summed E-state index contributed by atoms with van der Waals surface area (Å²) in [4.78, 5) is 26.6. The summed E-state index contributed by atoms with van der Waals surface area (Å²) in [5, 5.41) is 2.85. The van der Waals surface area contributed by atoms with Crippen LogP contribution in [0.4, 0.5) is 0 Å². The molecule has 2 aromatic carbocycles. The van der Waals surface area contributed by atoms with E-state index in [0.717, 1.165) is 10.0 Å². The first kappa shape index (κ1) is 24.4. The summed E-state index contributed by atoms with van der Waals surface area (Å²) >= 11 is 3.31. The average molecular weight is 522 g/mol. The summed E-state index contributed by atoms with van der Waals surface area (Å²) in [7, 11) is -3.91. The molecule has 2 aromatic rings. The van der Waals surface area contributed by atoms with Crippen molar-refractivity contribution in [1.82, 2.24) is 14.5 Å². The van der Waals surface area contributed by atoms with Crippen LogP contribution in [0.1, 0.15) is 37.8 Å². The Bertz CT molecular complexity index is 1070. The van der Waals surface area contributed by atoms with Gasteiger partial charge in [-0.1, -0.05) is 54.0 Å². The van der Waals surface area contributed by atoms with Gasteiger partial charge in [-0.05, 0) is 41.3 Å². The fourth-order valence-corrected chi connectivity index (χ4v) is 5.46. The van der Waals surface area contributed by atoms with Gasteiger partial charge in [0, 0.05) is 37.6 Å². The second-order valence-corrected chi connectivity index (χ2v) is 11.0. The van der Waals surface area contributed by atoms with E-state index >= 15 is 0 Å². The molecule has 0 saturated carbocycles. The van der Waals surface area contributed by atoms with Gasteiger partial charge < -0.3 is 10.2 Å². The Morgan fingerprint density at radius 2 is 1.69 bits per heavy atom. The predicted molar refractivity (Wildman–Crippen MR) is 126 cm³/mol. The normalized spacial score (nSPS) is 17.4. The van der Waals surface area contributed by atoms with Gasteiger partial charge in [-0.2, -0.15) is 4.31 Å². The molecule has 0 spiro atoms. The number of hydrogen-bond donors (Lipinski definition) is 1. The highest BCUT2D eigenvalue weighted by Crippen LogP contribution is 2.24. The quantitative estimate of drug-likeness (QED) is 0.632. The Hall–Kier alpha value is -2.23. The van der Waals surface area contributed by atoms with Crippen LogP contribution in [0.25, 0.3) is 0 Å². The average Bonchev–Trinajstić information content (AvgIpc) is 2.77. The Labute approximate surface area is 198 Å². The van der Waals surface area contributed by atoms with Crippen LogP contribution in [-0.4, -0.2) is 55.1 Å². The highest BCUT2D eigenvalue weighted by Gasteiger charge is 2.40. The maximum atomic E-state index is 13.3. The minimum Gasteiger partial charge on any atom is -0.351 e. The summed E-state index contributed by atoms with van der Waals surface area (Å²) in [6, 6.07) is 13.2. The number of benzene rings is 2. The molecular formula is C23H28BrN3O4S. The van der Waals surface area contributed by atoms with Gasteiger partial charge in [-0.25, -0.2) is 8.42 Å². The number of rotatable bonds is 6. The molecule has 1 aliphatic rings. The molecule has 1 saturated heterocycles. The SMILES string of the molecule is CC(=O)N1CCN(S(=O)(=O)c2ccc(Br)cc2)[C@@H](C(=O)NCc2ccc(C(C)C)cc2)C1. The van der Waals surface area contributed by atoms with Gasteiger partial charge in [0.25, 0.3) is 0 Å². The first-order chi connectivity index (χ1) is 15.1. The number of carbonyl (C=O) groups excluding carboxylic acids is 2. The van der Waals surface area contributed by atoms with Crippen LogP contribution in [-0.2, 0) is 26.2 Å². The molecule has 0 unspecified atom stereocenters. The number of hydrogen-bond acceptors (Lipinski definition) is 4. The molecule has 172 valence electrons. The number of nitrogens with one attached hydrogen (secondary N) is 1. The van der Waals surface area contributed by atoms with Crippen molar-refractivity contribution in [1.29, 1.82) is 0 Å². The molecule has 1 N–H and O–H groups in total. The molecule has 1 heterocycles. The van der Waals surface area contributed by atoms with E-state index < -0.39 is 22.0 Å². The van der Waals surface area contributed by atoms with Crippen LogP contribution in [0.15, 0.2) is 57.9 Å². The minimum absolute atomic E-state index is 0.0171. The van der Waals surface area contributed by atoms with Crippen molar-refractivity contribution in [2.75, 3.05) is 19.6 Å². The summed E-state index contributed by atoms with van der Waals surface area (Å²) in [6.45, 7) is 6.24. The number of sulfonamides is 1. The van der Waals surface area contributed by atoms with Gasteiger partial charge in [0.15, 0.2) is 0 Å². The van der Waals surface area contributed by atoms with E-state index in [1.54, 1.807) is 12.1 Å². The molecule has 3 rings (SSSR count). The van der Waals surface area contributed by atoms with Crippen LogP contribution in [0.2, 0.25) is 0 Å². The molecule has 0 aliphatic carbocycles. The van der Waals surface area contributed by atoms with E-state index in [0.29, 0.717) is 5.92 Å². The van der Waals surface area contributed by atoms with Crippen molar-refractivity contribution in [3.05, 3.63) is 64.1 Å². The maximum absolute atomic E-state index is 13.3. The Balaban J connectivity index is 1.80. The van der Waals surface area contributed by atoms with E-state index in [1.807, 2.05) is 24.3 Å². The summed E-state index contributed by atoms with van der Waals surface area (Å²) in [5.41, 5.74) is 2.13. The van der Waals surface area contributed by atoms with Crippen molar-refractivity contribution in [2.45, 2.75) is 44.2 Å². The second-order valence-electron chi connectivity index (χ2n) is 8.16. The number of carbonyl (C=O) groups is 2. The lowest BCUT2D eigenvalue weighted by atomic mass is 10.0. The van der Waals surface area contributed by atoms with E-state index in [-0.39, 0.29) is 37.0 Å². The van der Waals surface area contributed by atoms with Crippen molar-refractivity contribution in [3.63, 3.8) is 0 Å². The van der Waals surface area contributed by atoms with E-state index in [4.69, 9.17) is 0 Å². The zero-order chi connectivity index (χ0) is 23.5. The van der Waals surface area contributed by atoms with Gasteiger partial charge in [0.1, 0.15) is 6.04 Å². The van der Waals surface area contributed by atoms with Gasteiger partial charge in [-0.3, -0.25) is 9.59 Å². The van der Waals surface area contributed by atoms with Crippen LogP contribution in [0.3, 0.4) is 0 Å². The monoisotopic (exact) mass is 521 g/mol. The molecular weight excluding hydrogens is 494 g/mol. The minimum atomic E-state index is -3.91. The molecule has 0 radical (unpaired) electrons. The molecule has 1 fully saturated rings. The van der Waals surface area contributed by atoms with Crippen LogP contribution in [0.5, 0.6) is 0 Å². The number of piperazine rings is 1. The highest BCUT2D eigenvalue weighted by molar-refractivity contribution is 9.10. The Morgan fingerprint density at radius 1 is 1.06 bits per heavy atom. The summed E-state index contributed by atoms with van der Waals surface area (Å²) < 4.78 is 28.5. The first-order valence-corrected chi connectivity index (χ1v) is 12.7. The molecule has 7 nitrogen and oxygen atoms in total. The van der Waals surface area contributed by atoms with E-state index in [1.165, 1.54) is 33.8 Å². The zero-order valence-corrected chi connectivity index (χ0v) is 20.8. The van der Waals surface area contributed by atoms with Crippen molar-refractivity contribution in [3.8, 4) is 0 Å². The first-order valence-electron chi connectivity index (χ1n) is 10.5. The van der Waals surface area contributed by atoms with Crippen LogP contribution >= 0.6 is 15.9 Å². The largest absolute Gasteiger partial charge is 0.351 e. The molecule has 9 heteroatoms. The zero-order valence-electron chi connectivity index (χ0n) is 18.4. The van der Waals surface area contributed by atoms with Gasteiger partial charge in [-0.15, -0.1) is 0 Å².